The highest BCUT2D eigenvalue weighted by Crippen LogP contribution is 2.32. The molecule has 3 aromatic rings. The largest absolute Gasteiger partial charge is 0.314 e. The number of pyridine rings is 1. The van der Waals surface area contributed by atoms with Crippen molar-refractivity contribution in [2.45, 2.75) is 13.0 Å². The van der Waals surface area contributed by atoms with Crippen LogP contribution in [0.5, 0.6) is 0 Å². The first kappa shape index (κ1) is 15.3. The van der Waals surface area contributed by atoms with E-state index in [9.17, 15) is 0 Å². The monoisotopic (exact) mass is 317 g/mol. The van der Waals surface area contributed by atoms with E-state index < -0.39 is 0 Å². The zero-order chi connectivity index (χ0) is 16.4. The molecule has 0 spiro atoms. The molecule has 1 N–H and O–H groups in total. The van der Waals surface area contributed by atoms with Gasteiger partial charge in [-0.3, -0.25) is 9.88 Å². The van der Waals surface area contributed by atoms with Crippen molar-refractivity contribution in [3.8, 4) is 0 Å². The Morgan fingerprint density at radius 2 is 1.79 bits per heavy atom. The Kier molecular flexibility index (Phi) is 4.28. The molecular weight excluding hydrogens is 294 g/mol. The summed E-state index contributed by atoms with van der Waals surface area (Å²) in [5.41, 5.74) is 3.99. The van der Waals surface area contributed by atoms with Gasteiger partial charge in [0.1, 0.15) is 0 Å². The number of piperazine rings is 1. The van der Waals surface area contributed by atoms with E-state index >= 15 is 0 Å². The zero-order valence-electron chi connectivity index (χ0n) is 14.1. The molecule has 3 nitrogen and oxygen atoms in total. The molecule has 1 aliphatic rings. The molecular formula is C21H23N3. The summed E-state index contributed by atoms with van der Waals surface area (Å²) in [6, 6.07) is 17.9. The van der Waals surface area contributed by atoms with Crippen LogP contribution < -0.4 is 5.32 Å². The number of hydrogen-bond donors (Lipinski definition) is 1. The van der Waals surface area contributed by atoms with Gasteiger partial charge in [-0.2, -0.15) is 0 Å². The lowest BCUT2D eigenvalue weighted by Crippen LogP contribution is -2.45. The lowest BCUT2D eigenvalue weighted by atomic mass is 9.92. The molecule has 0 radical (unpaired) electrons. The summed E-state index contributed by atoms with van der Waals surface area (Å²) in [6.45, 7) is 6.40. The summed E-state index contributed by atoms with van der Waals surface area (Å²) in [5, 5.41) is 6.07. The van der Waals surface area contributed by atoms with Gasteiger partial charge in [-0.05, 0) is 46.5 Å². The number of fused-ring (bicyclic) bond motifs is 1. The number of aryl methyl sites for hydroxylation is 1. The molecule has 122 valence electrons. The fourth-order valence-electron chi connectivity index (χ4n) is 3.70. The van der Waals surface area contributed by atoms with Crippen molar-refractivity contribution >= 4 is 10.8 Å². The molecule has 0 amide bonds. The second kappa shape index (κ2) is 6.71. The van der Waals surface area contributed by atoms with E-state index in [2.05, 4.69) is 70.7 Å². The van der Waals surface area contributed by atoms with E-state index in [1.807, 2.05) is 12.4 Å². The topological polar surface area (TPSA) is 28.2 Å². The van der Waals surface area contributed by atoms with Crippen molar-refractivity contribution in [1.29, 1.82) is 0 Å². The van der Waals surface area contributed by atoms with E-state index in [-0.39, 0.29) is 0 Å². The third-order valence-electron chi connectivity index (χ3n) is 4.96. The number of benzene rings is 2. The molecule has 0 saturated carbocycles. The van der Waals surface area contributed by atoms with Crippen molar-refractivity contribution in [1.82, 2.24) is 15.2 Å². The van der Waals surface area contributed by atoms with Gasteiger partial charge in [0, 0.05) is 38.6 Å². The van der Waals surface area contributed by atoms with Gasteiger partial charge in [0.05, 0.1) is 6.04 Å². The Morgan fingerprint density at radius 3 is 2.58 bits per heavy atom. The highest BCUT2D eigenvalue weighted by atomic mass is 15.2. The Hall–Kier alpha value is -2.23. The minimum Gasteiger partial charge on any atom is -0.314 e. The van der Waals surface area contributed by atoms with Crippen LogP contribution in [0, 0.1) is 6.92 Å². The summed E-state index contributed by atoms with van der Waals surface area (Å²) in [4.78, 5) is 6.87. The summed E-state index contributed by atoms with van der Waals surface area (Å²) < 4.78 is 0. The quantitative estimate of drug-likeness (QED) is 0.801. The Labute approximate surface area is 143 Å². The second-order valence-corrected chi connectivity index (χ2v) is 6.53. The van der Waals surface area contributed by atoms with Crippen molar-refractivity contribution in [3.63, 3.8) is 0 Å². The van der Waals surface area contributed by atoms with Crippen LogP contribution in [0.2, 0.25) is 0 Å². The minimum absolute atomic E-state index is 0.291. The summed E-state index contributed by atoms with van der Waals surface area (Å²) in [6.07, 6.45) is 3.89. The molecule has 1 fully saturated rings. The van der Waals surface area contributed by atoms with Crippen LogP contribution in [0.15, 0.2) is 60.9 Å². The van der Waals surface area contributed by atoms with E-state index in [4.69, 9.17) is 0 Å². The van der Waals surface area contributed by atoms with Crippen LogP contribution in [0.4, 0.5) is 0 Å². The molecule has 24 heavy (non-hydrogen) atoms. The van der Waals surface area contributed by atoms with Crippen LogP contribution >= 0.6 is 0 Å². The molecule has 4 rings (SSSR count). The maximum Gasteiger partial charge on any atom is 0.0606 e. The van der Waals surface area contributed by atoms with Crippen LogP contribution in [-0.4, -0.2) is 36.1 Å². The Balaban J connectivity index is 1.82. The molecule has 1 unspecified atom stereocenters. The van der Waals surface area contributed by atoms with Crippen molar-refractivity contribution in [3.05, 3.63) is 77.6 Å². The highest BCUT2D eigenvalue weighted by molar-refractivity contribution is 5.83. The third kappa shape index (κ3) is 2.93. The first-order valence-corrected chi connectivity index (χ1v) is 8.67. The Morgan fingerprint density at radius 1 is 1.00 bits per heavy atom. The summed E-state index contributed by atoms with van der Waals surface area (Å²) in [5.74, 6) is 0. The van der Waals surface area contributed by atoms with Gasteiger partial charge >= 0.3 is 0 Å². The molecule has 1 atom stereocenters. The van der Waals surface area contributed by atoms with Gasteiger partial charge in [-0.25, -0.2) is 0 Å². The predicted octanol–water partition coefficient (Wildman–Crippen LogP) is 3.54. The maximum atomic E-state index is 4.29. The molecule has 1 saturated heterocycles. The van der Waals surface area contributed by atoms with Crippen molar-refractivity contribution in [2.24, 2.45) is 0 Å². The number of nitrogens with one attached hydrogen (secondary N) is 1. The molecule has 2 aromatic carbocycles. The maximum absolute atomic E-state index is 4.29. The molecule has 0 bridgehead atoms. The van der Waals surface area contributed by atoms with E-state index in [0.717, 1.165) is 26.2 Å². The van der Waals surface area contributed by atoms with Crippen LogP contribution in [0.1, 0.15) is 22.7 Å². The number of rotatable bonds is 3. The first-order valence-electron chi connectivity index (χ1n) is 8.67. The first-order chi connectivity index (χ1) is 11.8. The average molecular weight is 317 g/mol. The van der Waals surface area contributed by atoms with Crippen molar-refractivity contribution in [2.75, 3.05) is 26.2 Å². The number of hydrogen-bond acceptors (Lipinski definition) is 3. The minimum atomic E-state index is 0.291. The SMILES string of the molecule is Cc1cnccc1C(c1ccc2ccccc2c1)N1CCNCC1. The molecule has 1 aromatic heterocycles. The molecule has 3 heteroatoms. The predicted molar refractivity (Wildman–Crippen MR) is 99.2 cm³/mol. The summed E-state index contributed by atoms with van der Waals surface area (Å²) >= 11 is 0. The van der Waals surface area contributed by atoms with Crippen molar-refractivity contribution < 1.29 is 0 Å². The van der Waals surface area contributed by atoms with Gasteiger partial charge in [0.25, 0.3) is 0 Å². The fraction of sp³-hybridized carbons (Fsp3) is 0.286. The third-order valence-corrected chi connectivity index (χ3v) is 4.96. The van der Waals surface area contributed by atoms with Gasteiger partial charge in [0.15, 0.2) is 0 Å². The van der Waals surface area contributed by atoms with Gasteiger partial charge in [0.2, 0.25) is 0 Å². The fourth-order valence-corrected chi connectivity index (χ4v) is 3.70. The van der Waals surface area contributed by atoms with E-state index in [1.54, 1.807) is 0 Å². The zero-order valence-corrected chi connectivity index (χ0v) is 14.1. The lowest BCUT2D eigenvalue weighted by molar-refractivity contribution is 0.198. The number of aromatic nitrogens is 1. The highest BCUT2D eigenvalue weighted by Gasteiger charge is 2.25. The smallest absolute Gasteiger partial charge is 0.0606 e. The van der Waals surface area contributed by atoms with Crippen LogP contribution in [0.25, 0.3) is 10.8 Å². The van der Waals surface area contributed by atoms with E-state index in [1.165, 1.54) is 27.5 Å². The second-order valence-electron chi connectivity index (χ2n) is 6.53. The molecule has 2 heterocycles. The lowest BCUT2D eigenvalue weighted by Gasteiger charge is -2.36. The summed E-state index contributed by atoms with van der Waals surface area (Å²) in [7, 11) is 0. The molecule has 1 aliphatic heterocycles. The Bertz CT molecular complexity index is 837. The van der Waals surface area contributed by atoms with Gasteiger partial charge in [-0.15, -0.1) is 0 Å². The van der Waals surface area contributed by atoms with E-state index in [0.29, 0.717) is 6.04 Å². The van der Waals surface area contributed by atoms with Crippen LogP contribution in [0.3, 0.4) is 0 Å². The van der Waals surface area contributed by atoms with Gasteiger partial charge < -0.3 is 5.32 Å². The normalized spacial score (nSPS) is 17.0. The average Bonchev–Trinajstić information content (AvgIpc) is 2.64. The van der Waals surface area contributed by atoms with Crippen LogP contribution in [-0.2, 0) is 0 Å². The number of nitrogens with zero attached hydrogens (tertiary/aromatic N) is 2. The standard InChI is InChI=1S/C21H23N3/c1-16-15-23-9-8-20(16)21(24-12-10-22-11-13-24)19-7-6-17-4-2-3-5-18(17)14-19/h2-9,14-15,21-22H,10-13H2,1H3. The molecule has 0 aliphatic carbocycles. The van der Waals surface area contributed by atoms with Gasteiger partial charge in [-0.1, -0.05) is 36.4 Å².